The number of carbonyl (C=O) groups excluding carboxylic acids is 1. The maximum absolute atomic E-state index is 12.5. The third kappa shape index (κ3) is 4.53. The SMILES string of the molecule is CCC(CC)(CN)C(=O)Nc1cnn(CCN2CCOCC2)c1. The van der Waals surface area contributed by atoms with E-state index in [1.807, 2.05) is 24.7 Å². The van der Waals surface area contributed by atoms with Crippen LogP contribution in [0, 0.1) is 5.41 Å². The molecule has 23 heavy (non-hydrogen) atoms. The number of ether oxygens (including phenoxy) is 1. The van der Waals surface area contributed by atoms with Crippen molar-refractivity contribution in [1.82, 2.24) is 14.7 Å². The minimum absolute atomic E-state index is 0.0160. The largest absolute Gasteiger partial charge is 0.379 e. The molecule has 130 valence electrons. The van der Waals surface area contributed by atoms with Crippen LogP contribution in [-0.4, -0.2) is 60.0 Å². The second-order valence-electron chi connectivity index (χ2n) is 6.09. The molecule has 0 aliphatic carbocycles. The van der Waals surface area contributed by atoms with Crippen LogP contribution in [-0.2, 0) is 16.1 Å². The van der Waals surface area contributed by atoms with Gasteiger partial charge in [0.15, 0.2) is 0 Å². The van der Waals surface area contributed by atoms with Gasteiger partial charge in [-0.25, -0.2) is 0 Å². The number of amides is 1. The summed E-state index contributed by atoms with van der Waals surface area (Å²) in [4.78, 5) is 14.9. The first-order valence-electron chi connectivity index (χ1n) is 8.47. The Morgan fingerprint density at radius 3 is 2.65 bits per heavy atom. The highest BCUT2D eigenvalue weighted by Gasteiger charge is 2.33. The lowest BCUT2D eigenvalue weighted by atomic mass is 9.81. The molecule has 1 amide bonds. The number of carbonyl (C=O) groups is 1. The van der Waals surface area contributed by atoms with Crippen molar-refractivity contribution in [1.29, 1.82) is 0 Å². The van der Waals surface area contributed by atoms with E-state index in [-0.39, 0.29) is 5.91 Å². The Labute approximate surface area is 138 Å². The summed E-state index contributed by atoms with van der Waals surface area (Å²) in [7, 11) is 0. The zero-order chi connectivity index (χ0) is 16.7. The lowest BCUT2D eigenvalue weighted by Crippen LogP contribution is -2.41. The molecule has 0 unspecified atom stereocenters. The van der Waals surface area contributed by atoms with E-state index in [9.17, 15) is 4.79 Å². The fraction of sp³-hybridized carbons (Fsp3) is 0.750. The summed E-state index contributed by atoms with van der Waals surface area (Å²) in [5.74, 6) is -0.0160. The molecule has 0 saturated carbocycles. The number of hydrogen-bond donors (Lipinski definition) is 2. The van der Waals surface area contributed by atoms with E-state index in [1.165, 1.54) is 0 Å². The van der Waals surface area contributed by atoms with E-state index >= 15 is 0 Å². The third-order valence-electron chi connectivity index (χ3n) is 4.87. The highest BCUT2D eigenvalue weighted by molar-refractivity contribution is 5.95. The molecule has 1 aromatic rings. The molecule has 2 rings (SSSR count). The highest BCUT2D eigenvalue weighted by Crippen LogP contribution is 2.26. The van der Waals surface area contributed by atoms with Crippen LogP contribution >= 0.6 is 0 Å². The summed E-state index contributed by atoms with van der Waals surface area (Å²) in [5.41, 5.74) is 6.06. The molecule has 2 heterocycles. The predicted molar refractivity (Wildman–Crippen MR) is 90.2 cm³/mol. The molecule has 1 fully saturated rings. The number of morpholine rings is 1. The third-order valence-corrected chi connectivity index (χ3v) is 4.87. The van der Waals surface area contributed by atoms with Crippen molar-refractivity contribution >= 4 is 11.6 Å². The minimum atomic E-state index is -0.490. The van der Waals surface area contributed by atoms with E-state index in [0.29, 0.717) is 6.54 Å². The Bertz CT molecular complexity index is 484. The van der Waals surface area contributed by atoms with Crippen molar-refractivity contribution in [3.8, 4) is 0 Å². The summed E-state index contributed by atoms with van der Waals surface area (Å²) in [6.07, 6.45) is 5.04. The van der Waals surface area contributed by atoms with Crippen LogP contribution in [0.25, 0.3) is 0 Å². The fourth-order valence-electron chi connectivity index (χ4n) is 2.84. The van der Waals surface area contributed by atoms with Crippen molar-refractivity contribution in [3.63, 3.8) is 0 Å². The Hall–Kier alpha value is -1.44. The number of rotatable bonds is 8. The minimum Gasteiger partial charge on any atom is -0.379 e. The van der Waals surface area contributed by atoms with E-state index in [2.05, 4.69) is 15.3 Å². The number of nitrogens with two attached hydrogens (primary N) is 1. The van der Waals surface area contributed by atoms with Crippen LogP contribution in [0.1, 0.15) is 26.7 Å². The predicted octanol–water partition coefficient (Wildman–Crippen LogP) is 0.919. The molecule has 0 atom stereocenters. The maximum atomic E-state index is 12.5. The maximum Gasteiger partial charge on any atom is 0.231 e. The van der Waals surface area contributed by atoms with Crippen LogP contribution < -0.4 is 11.1 Å². The monoisotopic (exact) mass is 323 g/mol. The molecule has 1 aromatic heterocycles. The summed E-state index contributed by atoms with van der Waals surface area (Å²) >= 11 is 0. The van der Waals surface area contributed by atoms with E-state index < -0.39 is 5.41 Å². The summed E-state index contributed by atoms with van der Waals surface area (Å²) in [6, 6.07) is 0. The van der Waals surface area contributed by atoms with Gasteiger partial charge < -0.3 is 15.8 Å². The van der Waals surface area contributed by atoms with E-state index in [4.69, 9.17) is 10.5 Å². The lowest BCUT2D eigenvalue weighted by Gasteiger charge is -2.28. The van der Waals surface area contributed by atoms with Crippen molar-refractivity contribution in [2.24, 2.45) is 11.1 Å². The second-order valence-corrected chi connectivity index (χ2v) is 6.09. The Morgan fingerprint density at radius 2 is 2.04 bits per heavy atom. The van der Waals surface area contributed by atoms with Gasteiger partial charge in [-0.3, -0.25) is 14.4 Å². The summed E-state index contributed by atoms with van der Waals surface area (Å²) in [5, 5.41) is 7.28. The van der Waals surface area contributed by atoms with Crippen LogP contribution in [0.15, 0.2) is 12.4 Å². The Kier molecular flexibility index (Phi) is 6.56. The van der Waals surface area contributed by atoms with Crippen LogP contribution in [0.2, 0.25) is 0 Å². The van der Waals surface area contributed by atoms with Crippen molar-refractivity contribution in [2.75, 3.05) is 44.7 Å². The zero-order valence-corrected chi connectivity index (χ0v) is 14.3. The van der Waals surface area contributed by atoms with Crippen molar-refractivity contribution in [2.45, 2.75) is 33.2 Å². The number of nitrogens with zero attached hydrogens (tertiary/aromatic N) is 3. The number of aromatic nitrogens is 2. The average molecular weight is 323 g/mol. The average Bonchev–Trinajstić information content (AvgIpc) is 3.03. The number of nitrogens with one attached hydrogen (secondary N) is 1. The zero-order valence-electron chi connectivity index (χ0n) is 14.3. The topological polar surface area (TPSA) is 85.4 Å². The van der Waals surface area contributed by atoms with Gasteiger partial charge in [0, 0.05) is 32.4 Å². The molecule has 1 aliphatic heterocycles. The van der Waals surface area contributed by atoms with Gasteiger partial charge in [-0.2, -0.15) is 5.10 Å². The Balaban J connectivity index is 1.87. The van der Waals surface area contributed by atoms with E-state index in [0.717, 1.165) is 57.9 Å². The van der Waals surface area contributed by atoms with Crippen LogP contribution in [0.5, 0.6) is 0 Å². The molecular formula is C16H29N5O2. The number of hydrogen-bond acceptors (Lipinski definition) is 5. The van der Waals surface area contributed by atoms with E-state index in [1.54, 1.807) is 6.20 Å². The molecule has 0 spiro atoms. The molecule has 0 radical (unpaired) electrons. The second kappa shape index (κ2) is 8.42. The first-order valence-corrected chi connectivity index (χ1v) is 8.47. The molecule has 0 aromatic carbocycles. The molecular weight excluding hydrogens is 294 g/mol. The van der Waals surface area contributed by atoms with Gasteiger partial charge in [-0.15, -0.1) is 0 Å². The van der Waals surface area contributed by atoms with Crippen molar-refractivity contribution in [3.05, 3.63) is 12.4 Å². The van der Waals surface area contributed by atoms with Gasteiger partial charge in [-0.1, -0.05) is 13.8 Å². The molecule has 0 bridgehead atoms. The normalized spacial score (nSPS) is 16.5. The van der Waals surface area contributed by atoms with Crippen LogP contribution in [0.4, 0.5) is 5.69 Å². The number of anilines is 1. The first-order chi connectivity index (χ1) is 11.1. The summed E-state index contributed by atoms with van der Waals surface area (Å²) < 4.78 is 7.21. The smallest absolute Gasteiger partial charge is 0.231 e. The van der Waals surface area contributed by atoms with Gasteiger partial charge in [-0.05, 0) is 12.8 Å². The lowest BCUT2D eigenvalue weighted by molar-refractivity contribution is -0.125. The van der Waals surface area contributed by atoms with Gasteiger partial charge in [0.25, 0.3) is 0 Å². The first kappa shape index (κ1) is 17.9. The molecule has 1 saturated heterocycles. The van der Waals surface area contributed by atoms with Gasteiger partial charge in [0.1, 0.15) is 0 Å². The van der Waals surface area contributed by atoms with Crippen LogP contribution in [0.3, 0.4) is 0 Å². The van der Waals surface area contributed by atoms with Gasteiger partial charge in [0.05, 0.1) is 37.1 Å². The summed E-state index contributed by atoms with van der Waals surface area (Å²) in [6.45, 7) is 9.65. The molecule has 7 heteroatoms. The quantitative estimate of drug-likeness (QED) is 0.743. The van der Waals surface area contributed by atoms with Gasteiger partial charge in [0.2, 0.25) is 5.91 Å². The Morgan fingerprint density at radius 1 is 1.35 bits per heavy atom. The highest BCUT2D eigenvalue weighted by atomic mass is 16.5. The fourth-order valence-corrected chi connectivity index (χ4v) is 2.84. The van der Waals surface area contributed by atoms with Crippen molar-refractivity contribution < 1.29 is 9.53 Å². The van der Waals surface area contributed by atoms with Gasteiger partial charge >= 0.3 is 0 Å². The molecule has 3 N–H and O–H groups in total. The molecule has 7 nitrogen and oxygen atoms in total. The molecule has 1 aliphatic rings. The standard InChI is InChI=1S/C16H29N5O2/c1-3-16(4-2,13-17)15(22)19-14-11-18-21(12-14)6-5-20-7-9-23-10-8-20/h11-12H,3-10,13,17H2,1-2H3,(H,19,22).